The molecule has 4 aromatic rings. The molecule has 5 heteroatoms. The predicted molar refractivity (Wildman–Crippen MR) is 138 cm³/mol. The highest BCUT2D eigenvalue weighted by Gasteiger charge is 2.13. The Kier molecular flexibility index (Phi) is 7.58. The summed E-state index contributed by atoms with van der Waals surface area (Å²) in [6.07, 6.45) is 1.17. The summed E-state index contributed by atoms with van der Waals surface area (Å²) < 4.78 is 0. The van der Waals surface area contributed by atoms with E-state index in [1.807, 2.05) is 66.7 Å². The smallest absolute Gasteiger partial charge is 0.303 e. The standard InChI is InChI=1S/C30H27NO4/c32-29(33)20-10-22-6-14-26(15-7-22)31(27-16-8-23(9-17-27)11-21-30(34)35)28-18-12-25(13-19-28)24-4-2-1-3-5-24/h1-9,12-19H,10-11,20-21H2,(H,32,33)(H,34,35). The van der Waals surface area contributed by atoms with Gasteiger partial charge in [0.25, 0.3) is 0 Å². The molecular weight excluding hydrogens is 438 g/mol. The van der Waals surface area contributed by atoms with Crippen molar-refractivity contribution < 1.29 is 19.8 Å². The molecular formula is C30H27NO4. The quantitative estimate of drug-likeness (QED) is 0.268. The Bertz CT molecular complexity index is 1200. The number of carbonyl (C=O) groups is 2. The van der Waals surface area contributed by atoms with Crippen molar-refractivity contribution >= 4 is 29.0 Å². The molecule has 0 atom stereocenters. The SMILES string of the molecule is O=C(O)CCc1ccc(N(c2ccc(CCC(=O)O)cc2)c2ccc(-c3ccccc3)cc2)cc1. The van der Waals surface area contributed by atoms with E-state index in [1.165, 1.54) is 0 Å². The summed E-state index contributed by atoms with van der Waals surface area (Å²) in [5.74, 6) is -1.62. The van der Waals surface area contributed by atoms with Crippen molar-refractivity contribution in [3.8, 4) is 11.1 Å². The zero-order valence-corrected chi connectivity index (χ0v) is 19.3. The van der Waals surface area contributed by atoms with Gasteiger partial charge >= 0.3 is 11.9 Å². The minimum Gasteiger partial charge on any atom is -0.481 e. The van der Waals surface area contributed by atoms with Gasteiger partial charge in [0.15, 0.2) is 0 Å². The summed E-state index contributed by atoms with van der Waals surface area (Å²) in [6.45, 7) is 0. The van der Waals surface area contributed by atoms with Crippen molar-refractivity contribution in [2.75, 3.05) is 4.90 Å². The van der Waals surface area contributed by atoms with Crippen molar-refractivity contribution in [2.24, 2.45) is 0 Å². The van der Waals surface area contributed by atoms with Gasteiger partial charge in [0.05, 0.1) is 0 Å². The van der Waals surface area contributed by atoms with Gasteiger partial charge < -0.3 is 15.1 Å². The Morgan fingerprint density at radius 1 is 0.514 bits per heavy atom. The summed E-state index contributed by atoms with van der Waals surface area (Å²) >= 11 is 0. The van der Waals surface area contributed by atoms with E-state index in [0.29, 0.717) is 12.8 Å². The van der Waals surface area contributed by atoms with Crippen LogP contribution in [-0.2, 0) is 22.4 Å². The van der Waals surface area contributed by atoms with Crippen LogP contribution in [-0.4, -0.2) is 22.2 Å². The van der Waals surface area contributed by atoms with E-state index in [0.717, 1.165) is 39.3 Å². The molecule has 0 spiro atoms. The van der Waals surface area contributed by atoms with E-state index in [9.17, 15) is 9.59 Å². The monoisotopic (exact) mass is 465 g/mol. The number of carboxylic acids is 2. The van der Waals surface area contributed by atoms with Gasteiger partial charge in [-0.3, -0.25) is 9.59 Å². The first kappa shape index (κ1) is 23.8. The Labute approximate surface area is 204 Å². The van der Waals surface area contributed by atoms with Gasteiger partial charge in [-0.05, 0) is 71.5 Å². The van der Waals surface area contributed by atoms with Gasteiger partial charge in [-0.2, -0.15) is 0 Å². The van der Waals surface area contributed by atoms with Crippen LogP contribution in [0.5, 0.6) is 0 Å². The van der Waals surface area contributed by atoms with Gasteiger partial charge in [-0.1, -0.05) is 66.7 Å². The molecule has 0 heterocycles. The lowest BCUT2D eigenvalue weighted by molar-refractivity contribution is -0.138. The van der Waals surface area contributed by atoms with Crippen molar-refractivity contribution in [2.45, 2.75) is 25.7 Å². The van der Waals surface area contributed by atoms with E-state index >= 15 is 0 Å². The molecule has 0 saturated heterocycles. The van der Waals surface area contributed by atoms with E-state index in [2.05, 4.69) is 41.3 Å². The Morgan fingerprint density at radius 3 is 1.29 bits per heavy atom. The van der Waals surface area contributed by atoms with Crippen molar-refractivity contribution in [3.05, 3.63) is 114 Å². The molecule has 0 unspecified atom stereocenters. The van der Waals surface area contributed by atoms with Crippen LogP contribution in [0.2, 0.25) is 0 Å². The third-order valence-corrected chi connectivity index (χ3v) is 5.88. The molecule has 0 aliphatic heterocycles. The molecule has 0 aliphatic carbocycles. The van der Waals surface area contributed by atoms with E-state index in [4.69, 9.17) is 10.2 Å². The first-order valence-electron chi connectivity index (χ1n) is 11.6. The first-order valence-corrected chi connectivity index (χ1v) is 11.6. The van der Waals surface area contributed by atoms with Gasteiger partial charge in [0.2, 0.25) is 0 Å². The highest BCUT2D eigenvalue weighted by molar-refractivity contribution is 5.78. The summed E-state index contributed by atoms with van der Waals surface area (Å²) in [7, 11) is 0. The molecule has 0 aliphatic rings. The fourth-order valence-electron chi connectivity index (χ4n) is 4.01. The molecule has 0 saturated carbocycles. The zero-order chi connectivity index (χ0) is 24.6. The molecule has 0 aromatic heterocycles. The van der Waals surface area contributed by atoms with E-state index < -0.39 is 11.9 Å². The lowest BCUT2D eigenvalue weighted by Gasteiger charge is -2.26. The molecule has 0 amide bonds. The van der Waals surface area contributed by atoms with Crippen LogP contribution in [0, 0.1) is 0 Å². The highest BCUT2D eigenvalue weighted by atomic mass is 16.4. The van der Waals surface area contributed by atoms with E-state index in [-0.39, 0.29) is 12.8 Å². The Morgan fingerprint density at radius 2 is 0.886 bits per heavy atom. The first-order chi connectivity index (χ1) is 17.0. The van der Waals surface area contributed by atoms with Crippen molar-refractivity contribution in [3.63, 3.8) is 0 Å². The van der Waals surface area contributed by atoms with Crippen molar-refractivity contribution in [1.29, 1.82) is 0 Å². The fourth-order valence-corrected chi connectivity index (χ4v) is 4.01. The topological polar surface area (TPSA) is 77.8 Å². The molecule has 4 rings (SSSR count). The third kappa shape index (κ3) is 6.36. The fraction of sp³-hybridized carbons (Fsp3) is 0.133. The van der Waals surface area contributed by atoms with Crippen LogP contribution < -0.4 is 4.90 Å². The number of aryl methyl sites for hydroxylation is 2. The second kappa shape index (κ2) is 11.2. The van der Waals surface area contributed by atoms with Gasteiger partial charge in [0.1, 0.15) is 0 Å². The highest BCUT2D eigenvalue weighted by Crippen LogP contribution is 2.36. The molecule has 0 radical (unpaired) electrons. The predicted octanol–water partition coefficient (Wildman–Crippen LogP) is 6.86. The minimum absolute atomic E-state index is 0.0990. The third-order valence-electron chi connectivity index (χ3n) is 5.88. The van der Waals surface area contributed by atoms with Crippen LogP contribution in [0.1, 0.15) is 24.0 Å². The maximum Gasteiger partial charge on any atom is 0.303 e. The average Bonchev–Trinajstić information content (AvgIpc) is 2.89. The number of hydrogen-bond donors (Lipinski definition) is 2. The molecule has 0 fully saturated rings. The molecule has 35 heavy (non-hydrogen) atoms. The normalized spacial score (nSPS) is 10.6. The number of anilines is 3. The summed E-state index contributed by atoms with van der Waals surface area (Å²) in [5.41, 5.74) is 7.11. The van der Waals surface area contributed by atoms with Crippen molar-refractivity contribution in [1.82, 2.24) is 0 Å². The second-order valence-electron chi connectivity index (χ2n) is 8.37. The van der Waals surface area contributed by atoms with Gasteiger partial charge in [-0.15, -0.1) is 0 Å². The van der Waals surface area contributed by atoms with Crippen LogP contribution in [0.3, 0.4) is 0 Å². The summed E-state index contributed by atoms with van der Waals surface area (Å²) in [6, 6.07) is 34.4. The number of carboxylic acid groups (broad SMARTS) is 2. The number of rotatable bonds is 10. The maximum atomic E-state index is 10.9. The largest absolute Gasteiger partial charge is 0.481 e. The summed E-state index contributed by atoms with van der Waals surface area (Å²) in [5, 5.41) is 17.9. The Balaban J connectivity index is 1.65. The van der Waals surface area contributed by atoms with Gasteiger partial charge in [0, 0.05) is 29.9 Å². The number of nitrogens with zero attached hydrogens (tertiary/aromatic N) is 1. The van der Waals surface area contributed by atoms with Crippen LogP contribution in [0.15, 0.2) is 103 Å². The molecule has 176 valence electrons. The molecule has 0 bridgehead atoms. The lowest BCUT2D eigenvalue weighted by atomic mass is 10.0. The molecule has 2 N–H and O–H groups in total. The number of aliphatic carboxylic acids is 2. The average molecular weight is 466 g/mol. The van der Waals surface area contributed by atoms with Crippen LogP contribution >= 0.6 is 0 Å². The molecule has 5 nitrogen and oxygen atoms in total. The summed E-state index contributed by atoms with van der Waals surface area (Å²) in [4.78, 5) is 24.0. The van der Waals surface area contributed by atoms with Gasteiger partial charge in [-0.25, -0.2) is 0 Å². The second-order valence-corrected chi connectivity index (χ2v) is 8.37. The van der Waals surface area contributed by atoms with E-state index in [1.54, 1.807) is 0 Å². The van der Waals surface area contributed by atoms with Crippen LogP contribution in [0.25, 0.3) is 11.1 Å². The maximum absolute atomic E-state index is 10.9. The zero-order valence-electron chi connectivity index (χ0n) is 19.3. The van der Waals surface area contributed by atoms with Crippen LogP contribution in [0.4, 0.5) is 17.1 Å². The lowest BCUT2D eigenvalue weighted by Crippen LogP contribution is -2.10. The minimum atomic E-state index is -0.808. The number of benzene rings is 4. The number of hydrogen-bond acceptors (Lipinski definition) is 3. The Hall–Kier alpha value is -4.38. The molecule has 4 aromatic carbocycles.